The molecule has 6 aliphatic rings. The van der Waals surface area contributed by atoms with Gasteiger partial charge in [-0.3, -0.25) is 9.35 Å². The molecule has 11 nitrogen and oxygen atoms in total. The van der Waals surface area contributed by atoms with Crippen molar-refractivity contribution in [3.63, 3.8) is 0 Å². The van der Waals surface area contributed by atoms with E-state index in [-0.39, 0.29) is 92.8 Å². The highest BCUT2D eigenvalue weighted by Crippen LogP contribution is 2.80. The molecule has 334 valence electrons. The number of alkyl halides is 2. The van der Waals surface area contributed by atoms with Crippen LogP contribution in [0.5, 0.6) is 0 Å². The van der Waals surface area contributed by atoms with E-state index in [9.17, 15) is 27.4 Å². The summed E-state index contributed by atoms with van der Waals surface area (Å²) in [5.41, 5.74) is -4.25. The molecule has 0 spiro atoms. The van der Waals surface area contributed by atoms with E-state index in [1.807, 2.05) is 0 Å². The van der Waals surface area contributed by atoms with E-state index >= 15 is 13.6 Å². The number of carbonyl (C=O) groups excluding carboxylic acids is 4. The molecule has 0 saturated heterocycles. The Morgan fingerprint density at radius 3 is 1.65 bits per heavy atom. The lowest BCUT2D eigenvalue weighted by Crippen LogP contribution is -2.86. The number of rotatable bonds is 19. The third-order valence-electron chi connectivity index (χ3n) is 14.7. The van der Waals surface area contributed by atoms with Crippen molar-refractivity contribution < 1.29 is 59.9 Å². The second-order valence-electron chi connectivity index (χ2n) is 18.3. The van der Waals surface area contributed by atoms with Crippen LogP contribution in [0.15, 0.2) is 36.4 Å². The largest absolute Gasteiger partial charge is 0.455 e. The van der Waals surface area contributed by atoms with Gasteiger partial charge in [-0.2, -0.15) is 17.2 Å². The van der Waals surface area contributed by atoms with E-state index in [1.54, 1.807) is 24.3 Å². The SMILES string of the molecule is [B]Cc1cc(C[B])c(C[B])c(C(=O)OC23CC4(OC(=O)c5cc(C[B])cc(C[B])c5C[B])CC(C(=O)OC(C)C(F)(F)S(=O)(=O)O)(C2)C2CC4C2(OC(=O)c2c(C[B])ccc(C[B])c2C[B])C3)c1. The van der Waals surface area contributed by atoms with Crippen molar-refractivity contribution in [1.82, 2.24) is 0 Å². The van der Waals surface area contributed by atoms with E-state index in [0.717, 1.165) is 0 Å². The van der Waals surface area contributed by atoms with Gasteiger partial charge >= 0.3 is 39.2 Å². The topological polar surface area (TPSA) is 160 Å². The van der Waals surface area contributed by atoms with E-state index in [2.05, 4.69) is 0 Å². The Balaban J connectivity index is 1.46. The molecular formula is C45H41B9F2O11S. The van der Waals surface area contributed by atoms with Crippen LogP contribution in [0.4, 0.5) is 8.78 Å². The smallest absolute Gasteiger partial charge is 0.405 e. The van der Waals surface area contributed by atoms with Crippen LogP contribution in [-0.4, -0.2) is 136 Å². The summed E-state index contributed by atoms with van der Waals surface area (Å²) in [7, 11) is 48.8. The number of esters is 4. The summed E-state index contributed by atoms with van der Waals surface area (Å²) in [6, 6.07) is 9.57. The second-order valence-corrected chi connectivity index (χ2v) is 19.8. The zero-order valence-corrected chi connectivity index (χ0v) is 38.3. The maximum Gasteiger partial charge on any atom is 0.405 e. The van der Waals surface area contributed by atoms with Gasteiger partial charge < -0.3 is 18.9 Å². The van der Waals surface area contributed by atoms with Gasteiger partial charge in [0.25, 0.3) is 0 Å². The first-order valence-corrected chi connectivity index (χ1v) is 23.5. The lowest BCUT2D eigenvalue weighted by molar-refractivity contribution is -0.382. The molecule has 3 aromatic carbocycles. The fourth-order valence-electron chi connectivity index (χ4n) is 11.9. The highest BCUT2D eigenvalue weighted by atomic mass is 32.2. The average molecular weight is 925 g/mol. The second kappa shape index (κ2) is 18.9. The lowest BCUT2D eigenvalue weighted by atomic mass is 9.29. The summed E-state index contributed by atoms with van der Waals surface area (Å²) in [5.74, 6) is -6.41. The van der Waals surface area contributed by atoms with Gasteiger partial charge in [0.05, 0.1) is 92.7 Å². The summed E-state index contributed by atoms with van der Waals surface area (Å²) in [5, 5.41) is -5.00. The molecule has 9 rings (SSSR count). The Labute approximate surface area is 407 Å². The third-order valence-corrected chi connectivity index (χ3v) is 15.7. The highest BCUT2D eigenvalue weighted by molar-refractivity contribution is 7.86. The Bertz CT molecular complexity index is 2670. The summed E-state index contributed by atoms with van der Waals surface area (Å²) in [6.07, 6.45) is -5.23. The van der Waals surface area contributed by atoms with E-state index in [0.29, 0.717) is 57.0 Å². The van der Waals surface area contributed by atoms with Crippen LogP contribution in [0.3, 0.4) is 0 Å². The standard InChI is InChI=1S/C45H41B9F2O11S/c1-22(45(55,56)68(61,62)63)64-40(60)42-18-41(65-37(57)29-6-23(9-46)4-27(13-50)31(29)15-52)19-43(21-42,66-38(58)30-7-24(10-47)5-28(14-51)32(30)16-53)35-8-34(42)44(35,20-41)67-39(59)36-26(12-49)3-2-25(11-48)33(36)17-54/h2-7,22,34-35H,8-21H2,1H3,(H,61,62,63). The Hall–Kier alpha value is -4.11. The summed E-state index contributed by atoms with van der Waals surface area (Å²) in [4.78, 5) is 59.8. The number of halogens is 2. The Morgan fingerprint density at radius 2 is 1.16 bits per heavy atom. The van der Waals surface area contributed by atoms with Gasteiger partial charge in [0.2, 0.25) is 0 Å². The van der Waals surface area contributed by atoms with Gasteiger partial charge in [0, 0.05) is 37.5 Å². The van der Waals surface area contributed by atoms with Crippen LogP contribution >= 0.6 is 0 Å². The quantitative estimate of drug-likeness (QED) is 0.0815. The van der Waals surface area contributed by atoms with Crippen LogP contribution in [-0.2, 0) is 90.7 Å². The van der Waals surface area contributed by atoms with E-state index in [4.69, 9.17) is 89.6 Å². The van der Waals surface area contributed by atoms with Crippen molar-refractivity contribution >= 4 is 105 Å². The predicted molar refractivity (Wildman–Crippen MR) is 253 cm³/mol. The van der Waals surface area contributed by atoms with E-state index in [1.165, 1.54) is 12.1 Å². The fraction of sp³-hybridized carbons (Fsp3) is 0.511. The molecule has 1 N–H and O–H groups in total. The van der Waals surface area contributed by atoms with Crippen molar-refractivity contribution in [2.75, 3.05) is 0 Å². The molecule has 6 saturated carbocycles. The zero-order valence-electron chi connectivity index (χ0n) is 37.5. The van der Waals surface area contributed by atoms with Crippen molar-refractivity contribution in [3.05, 3.63) is 103 Å². The van der Waals surface area contributed by atoms with Crippen LogP contribution in [0, 0.1) is 17.3 Å². The molecule has 0 amide bonds. The molecule has 6 fully saturated rings. The minimum atomic E-state index is -6.14. The minimum Gasteiger partial charge on any atom is -0.455 e. The van der Waals surface area contributed by atoms with Gasteiger partial charge in [0.1, 0.15) is 16.8 Å². The zero-order chi connectivity index (χ0) is 49.9. The maximum absolute atomic E-state index is 15.3. The van der Waals surface area contributed by atoms with Crippen LogP contribution in [0.1, 0.15) is 120 Å². The summed E-state index contributed by atoms with van der Waals surface area (Å²) in [6.45, 7) is 0.575. The van der Waals surface area contributed by atoms with Crippen molar-refractivity contribution in [2.45, 2.75) is 124 Å². The molecule has 0 aliphatic heterocycles. The number of hydrogen-bond donors (Lipinski definition) is 1. The molecule has 6 aliphatic carbocycles. The summed E-state index contributed by atoms with van der Waals surface area (Å²) < 4.78 is 89.1. The number of carbonyl (C=O) groups is 4. The van der Waals surface area contributed by atoms with Crippen molar-refractivity contribution in [1.29, 1.82) is 0 Å². The minimum absolute atomic E-state index is 0.0179. The molecule has 18 radical (unpaired) electrons. The van der Waals surface area contributed by atoms with Gasteiger partial charge in [-0.15, -0.1) is 0 Å². The molecule has 0 heterocycles. The van der Waals surface area contributed by atoms with Gasteiger partial charge in [-0.25, -0.2) is 14.4 Å². The first kappa shape index (κ1) is 51.7. The first-order chi connectivity index (χ1) is 32.1. The fourth-order valence-corrected chi connectivity index (χ4v) is 12.4. The number of ether oxygens (including phenoxy) is 4. The van der Waals surface area contributed by atoms with Gasteiger partial charge in [0.15, 0.2) is 6.10 Å². The van der Waals surface area contributed by atoms with Gasteiger partial charge in [-0.05, 0) is 47.7 Å². The molecule has 3 aromatic rings. The number of benzene rings is 3. The van der Waals surface area contributed by atoms with Crippen molar-refractivity contribution in [3.8, 4) is 0 Å². The Kier molecular flexibility index (Phi) is 14.4. The molecular weight excluding hydrogens is 884 g/mol. The lowest BCUT2D eigenvalue weighted by Gasteiger charge is -2.78. The first-order valence-electron chi connectivity index (χ1n) is 22.1. The molecule has 6 bridgehead atoms. The molecule has 7 atom stereocenters. The van der Waals surface area contributed by atoms with E-state index < -0.39 is 92.2 Å². The monoisotopic (exact) mass is 926 g/mol. The van der Waals surface area contributed by atoms with Crippen molar-refractivity contribution in [2.24, 2.45) is 17.3 Å². The van der Waals surface area contributed by atoms with Crippen LogP contribution < -0.4 is 0 Å². The predicted octanol–water partition coefficient (Wildman–Crippen LogP) is 2.43. The molecule has 0 aromatic heterocycles. The summed E-state index contributed by atoms with van der Waals surface area (Å²) >= 11 is 0. The van der Waals surface area contributed by atoms with Gasteiger partial charge in [-0.1, -0.05) is 109 Å². The van der Waals surface area contributed by atoms with Crippen LogP contribution in [0.2, 0.25) is 0 Å². The highest BCUT2D eigenvalue weighted by Gasteiger charge is 2.88. The Morgan fingerprint density at radius 1 is 0.647 bits per heavy atom. The maximum atomic E-state index is 15.3. The average Bonchev–Trinajstić information content (AvgIpc) is 3.30. The third kappa shape index (κ3) is 8.24. The molecule has 7 unspecified atom stereocenters. The molecule has 23 heteroatoms. The number of hydrogen-bond acceptors (Lipinski definition) is 10. The van der Waals surface area contributed by atoms with Crippen LogP contribution in [0.25, 0.3) is 0 Å². The molecule has 68 heavy (non-hydrogen) atoms. The normalized spacial score (nSPS) is 26.1.